The lowest BCUT2D eigenvalue weighted by Crippen LogP contribution is -2.46. The average Bonchev–Trinajstić information content (AvgIpc) is 2.94. The number of fused-ring (bicyclic) bond motifs is 2. The van der Waals surface area contributed by atoms with E-state index in [9.17, 15) is 4.79 Å². The van der Waals surface area contributed by atoms with Crippen LogP contribution in [-0.2, 0) is 11.2 Å². The SMILES string of the molecule is O=C(CCc1ccco1)N1C2CCC1CC(Br)C2. The van der Waals surface area contributed by atoms with Crippen LogP contribution >= 0.6 is 15.9 Å². The highest BCUT2D eigenvalue weighted by molar-refractivity contribution is 9.09. The maximum absolute atomic E-state index is 12.3. The molecule has 98 valence electrons. The van der Waals surface area contributed by atoms with Crippen LogP contribution in [0, 0.1) is 0 Å². The number of nitrogens with zero attached hydrogens (tertiary/aromatic N) is 1. The Balaban J connectivity index is 1.60. The van der Waals surface area contributed by atoms with Crippen molar-refractivity contribution < 1.29 is 9.21 Å². The molecular weight excluding hydrogens is 294 g/mol. The van der Waals surface area contributed by atoms with E-state index in [0.29, 0.717) is 29.2 Å². The molecule has 2 saturated heterocycles. The topological polar surface area (TPSA) is 33.5 Å². The van der Waals surface area contributed by atoms with Crippen LogP contribution in [0.1, 0.15) is 37.9 Å². The number of hydrogen-bond donors (Lipinski definition) is 0. The molecule has 0 saturated carbocycles. The number of furan rings is 1. The average molecular weight is 312 g/mol. The van der Waals surface area contributed by atoms with E-state index in [4.69, 9.17) is 4.42 Å². The van der Waals surface area contributed by atoms with E-state index in [0.717, 1.165) is 25.0 Å². The molecule has 2 fully saturated rings. The quantitative estimate of drug-likeness (QED) is 0.804. The van der Waals surface area contributed by atoms with Gasteiger partial charge in [0.15, 0.2) is 0 Å². The fraction of sp³-hybridized carbons (Fsp3) is 0.643. The van der Waals surface area contributed by atoms with Crippen molar-refractivity contribution in [2.24, 2.45) is 0 Å². The molecule has 4 heteroatoms. The van der Waals surface area contributed by atoms with Crippen LogP contribution in [-0.4, -0.2) is 27.7 Å². The monoisotopic (exact) mass is 311 g/mol. The van der Waals surface area contributed by atoms with Crippen LogP contribution in [0.5, 0.6) is 0 Å². The summed E-state index contributed by atoms with van der Waals surface area (Å²) < 4.78 is 5.28. The summed E-state index contributed by atoms with van der Waals surface area (Å²) in [6.07, 6.45) is 7.55. The molecule has 0 N–H and O–H groups in total. The molecule has 0 aromatic carbocycles. The van der Waals surface area contributed by atoms with E-state index in [1.54, 1.807) is 6.26 Å². The number of hydrogen-bond acceptors (Lipinski definition) is 2. The van der Waals surface area contributed by atoms with Crippen molar-refractivity contribution in [2.75, 3.05) is 0 Å². The molecule has 3 nitrogen and oxygen atoms in total. The molecule has 1 amide bonds. The third-order valence-electron chi connectivity index (χ3n) is 4.13. The van der Waals surface area contributed by atoms with Crippen molar-refractivity contribution in [1.29, 1.82) is 0 Å². The Hall–Kier alpha value is -0.770. The zero-order chi connectivity index (χ0) is 12.5. The van der Waals surface area contributed by atoms with Gasteiger partial charge in [-0.2, -0.15) is 0 Å². The summed E-state index contributed by atoms with van der Waals surface area (Å²) in [5, 5.41) is 0. The maximum Gasteiger partial charge on any atom is 0.223 e. The number of amides is 1. The summed E-state index contributed by atoms with van der Waals surface area (Å²) in [6, 6.07) is 4.75. The minimum atomic E-state index is 0.304. The lowest BCUT2D eigenvalue weighted by molar-refractivity contribution is -0.135. The maximum atomic E-state index is 12.3. The Labute approximate surface area is 116 Å². The second-order valence-electron chi connectivity index (χ2n) is 5.33. The molecular formula is C14H18BrNO2. The molecule has 1 aromatic heterocycles. The van der Waals surface area contributed by atoms with Gasteiger partial charge in [0.05, 0.1) is 6.26 Å². The van der Waals surface area contributed by atoms with E-state index in [1.165, 1.54) is 12.8 Å². The van der Waals surface area contributed by atoms with Crippen LogP contribution in [0.25, 0.3) is 0 Å². The molecule has 0 spiro atoms. The lowest BCUT2D eigenvalue weighted by atomic mass is 10.0. The van der Waals surface area contributed by atoms with Gasteiger partial charge in [-0.25, -0.2) is 0 Å². The van der Waals surface area contributed by atoms with Crippen molar-refractivity contribution in [3.63, 3.8) is 0 Å². The van der Waals surface area contributed by atoms with Gasteiger partial charge < -0.3 is 9.32 Å². The lowest BCUT2D eigenvalue weighted by Gasteiger charge is -2.37. The smallest absolute Gasteiger partial charge is 0.223 e. The van der Waals surface area contributed by atoms with Crippen molar-refractivity contribution >= 4 is 21.8 Å². The zero-order valence-corrected chi connectivity index (χ0v) is 11.9. The number of halogens is 1. The van der Waals surface area contributed by atoms with Gasteiger partial charge in [-0.05, 0) is 37.8 Å². The minimum Gasteiger partial charge on any atom is -0.469 e. The molecule has 2 aliphatic rings. The number of carbonyl (C=O) groups excluding carboxylic acids is 1. The van der Waals surface area contributed by atoms with Crippen LogP contribution < -0.4 is 0 Å². The summed E-state index contributed by atoms with van der Waals surface area (Å²) in [7, 11) is 0. The normalized spacial score (nSPS) is 30.7. The Morgan fingerprint density at radius 3 is 2.72 bits per heavy atom. The van der Waals surface area contributed by atoms with Gasteiger partial charge in [0.2, 0.25) is 5.91 Å². The number of rotatable bonds is 3. The Kier molecular flexibility index (Phi) is 3.46. The minimum absolute atomic E-state index is 0.304. The molecule has 1 aromatic rings. The Morgan fingerprint density at radius 1 is 1.39 bits per heavy atom. The summed E-state index contributed by atoms with van der Waals surface area (Å²) in [5.41, 5.74) is 0. The summed E-state index contributed by atoms with van der Waals surface area (Å²) in [4.78, 5) is 15.1. The molecule has 3 rings (SSSR count). The van der Waals surface area contributed by atoms with E-state index < -0.39 is 0 Å². The molecule has 0 radical (unpaired) electrons. The van der Waals surface area contributed by atoms with Crippen LogP contribution in [0.15, 0.2) is 22.8 Å². The summed E-state index contributed by atoms with van der Waals surface area (Å²) >= 11 is 3.70. The summed E-state index contributed by atoms with van der Waals surface area (Å²) in [5.74, 6) is 1.21. The van der Waals surface area contributed by atoms with Crippen molar-refractivity contribution in [2.45, 2.75) is 55.4 Å². The molecule has 0 aliphatic carbocycles. The van der Waals surface area contributed by atoms with Gasteiger partial charge in [0, 0.05) is 29.8 Å². The van der Waals surface area contributed by atoms with E-state index >= 15 is 0 Å². The highest BCUT2D eigenvalue weighted by Crippen LogP contribution is 2.38. The third-order valence-corrected chi connectivity index (χ3v) is 4.88. The van der Waals surface area contributed by atoms with Gasteiger partial charge in [-0.3, -0.25) is 4.79 Å². The van der Waals surface area contributed by atoms with Crippen molar-refractivity contribution in [3.8, 4) is 0 Å². The molecule has 2 unspecified atom stereocenters. The molecule has 3 heterocycles. The standard InChI is InChI=1S/C14H18BrNO2/c15-10-8-11-3-4-12(9-10)16(11)14(17)6-5-13-2-1-7-18-13/h1-2,7,10-12H,3-6,8-9H2. The van der Waals surface area contributed by atoms with Gasteiger partial charge in [0.1, 0.15) is 5.76 Å². The highest BCUT2D eigenvalue weighted by atomic mass is 79.9. The van der Waals surface area contributed by atoms with Gasteiger partial charge in [-0.1, -0.05) is 15.9 Å². The summed E-state index contributed by atoms with van der Waals surface area (Å²) in [6.45, 7) is 0. The number of carbonyl (C=O) groups is 1. The van der Waals surface area contributed by atoms with Gasteiger partial charge in [-0.15, -0.1) is 0 Å². The number of alkyl halides is 1. The first-order valence-electron chi connectivity index (χ1n) is 6.71. The Bertz CT molecular complexity index is 403. The predicted molar refractivity (Wildman–Crippen MR) is 72.6 cm³/mol. The first-order chi connectivity index (χ1) is 8.74. The van der Waals surface area contributed by atoms with Crippen molar-refractivity contribution in [1.82, 2.24) is 4.90 Å². The van der Waals surface area contributed by atoms with Crippen molar-refractivity contribution in [3.05, 3.63) is 24.2 Å². The molecule has 2 aliphatic heterocycles. The van der Waals surface area contributed by atoms with Crippen LogP contribution in [0.3, 0.4) is 0 Å². The highest BCUT2D eigenvalue weighted by Gasteiger charge is 2.42. The third kappa shape index (κ3) is 2.35. The zero-order valence-electron chi connectivity index (χ0n) is 10.3. The fourth-order valence-electron chi connectivity index (χ4n) is 3.33. The fourth-order valence-corrected chi connectivity index (χ4v) is 4.19. The number of piperidine rings is 1. The molecule has 18 heavy (non-hydrogen) atoms. The number of aryl methyl sites for hydroxylation is 1. The van der Waals surface area contributed by atoms with E-state index in [-0.39, 0.29) is 0 Å². The first kappa shape index (κ1) is 12.3. The first-order valence-corrected chi connectivity index (χ1v) is 7.63. The van der Waals surface area contributed by atoms with Crippen LogP contribution in [0.2, 0.25) is 0 Å². The largest absolute Gasteiger partial charge is 0.469 e. The van der Waals surface area contributed by atoms with E-state index in [1.807, 2.05) is 12.1 Å². The van der Waals surface area contributed by atoms with Gasteiger partial charge in [0.25, 0.3) is 0 Å². The Morgan fingerprint density at radius 2 is 2.11 bits per heavy atom. The van der Waals surface area contributed by atoms with E-state index in [2.05, 4.69) is 20.8 Å². The second-order valence-corrected chi connectivity index (χ2v) is 6.63. The molecule has 2 atom stereocenters. The van der Waals surface area contributed by atoms with Gasteiger partial charge >= 0.3 is 0 Å². The predicted octanol–water partition coefficient (Wildman–Crippen LogP) is 3.13. The molecule has 2 bridgehead atoms. The second kappa shape index (κ2) is 5.08. The van der Waals surface area contributed by atoms with Crippen LogP contribution in [0.4, 0.5) is 0 Å².